The van der Waals surface area contributed by atoms with E-state index >= 15 is 0 Å². The smallest absolute Gasteiger partial charge is 0.279 e. The first-order chi connectivity index (χ1) is 12.5. The number of carbonyl (C=O) groups is 2. The van der Waals surface area contributed by atoms with Crippen LogP contribution < -0.4 is 20.7 Å². The molecule has 6 heteroatoms. The average Bonchev–Trinajstić information content (AvgIpc) is 3.47. The van der Waals surface area contributed by atoms with Crippen LogP contribution in [0.4, 0.5) is 5.69 Å². The van der Waals surface area contributed by atoms with Crippen molar-refractivity contribution < 1.29 is 19.2 Å². The third kappa shape index (κ3) is 4.83. The molecule has 0 spiro atoms. The van der Waals surface area contributed by atoms with Gasteiger partial charge in [-0.3, -0.25) is 9.59 Å². The number of methoxy groups -OCH3 is 1. The molecular weight excluding hydrogens is 330 g/mol. The Morgan fingerprint density at radius 3 is 2.31 bits per heavy atom. The van der Waals surface area contributed by atoms with E-state index in [2.05, 4.69) is 5.32 Å². The number of hydrogen-bond donors (Lipinski definition) is 3. The van der Waals surface area contributed by atoms with Crippen molar-refractivity contribution in [3.63, 3.8) is 0 Å². The van der Waals surface area contributed by atoms with Gasteiger partial charge in [-0.1, -0.05) is 0 Å². The van der Waals surface area contributed by atoms with Crippen LogP contribution in [0.3, 0.4) is 0 Å². The van der Waals surface area contributed by atoms with Gasteiger partial charge in [-0.15, -0.1) is 0 Å². The molecule has 1 unspecified atom stereocenters. The van der Waals surface area contributed by atoms with E-state index in [9.17, 15) is 9.59 Å². The van der Waals surface area contributed by atoms with Crippen LogP contribution in [-0.2, 0) is 11.3 Å². The van der Waals surface area contributed by atoms with Gasteiger partial charge >= 0.3 is 0 Å². The van der Waals surface area contributed by atoms with Crippen LogP contribution in [0.5, 0.6) is 5.75 Å². The molecule has 0 radical (unpaired) electrons. The van der Waals surface area contributed by atoms with Crippen LogP contribution in [0.1, 0.15) is 28.8 Å². The molecule has 1 aliphatic rings. The molecule has 0 bridgehead atoms. The highest BCUT2D eigenvalue weighted by atomic mass is 16.5. The summed E-state index contributed by atoms with van der Waals surface area (Å²) in [4.78, 5) is 24.8. The molecule has 1 fully saturated rings. The third-order valence-corrected chi connectivity index (χ3v) is 4.59. The van der Waals surface area contributed by atoms with E-state index in [1.165, 1.54) is 10.5 Å². The number of quaternary nitrogens is 1. The zero-order valence-corrected chi connectivity index (χ0v) is 14.8. The molecule has 2 amide bonds. The molecule has 2 aromatic carbocycles. The van der Waals surface area contributed by atoms with Gasteiger partial charge in [-0.05, 0) is 48.5 Å². The molecule has 0 aromatic heterocycles. The van der Waals surface area contributed by atoms with Crippen LogP contribution in [-0.4, -0.2) is 31.5 Å². The highest BCUT2D eigenvalue weighted by Crippen LogP contribution is 2.17. The van der Waals surface area contributed by atoms with Crippen molar-refractivity contribution >= 4 is 17.5 Å². The number of amides is 2. The Hall–Kier alpha value is -2.86. The van der Waals surface area contributed by atoms with Gasteiger partial charge < -0.3 is 20.7 Å². The molecule has 1 aliphatic carbocycles. The van der Waals surface area contributed by atoms with E-state index in [4.69, 9.17) is 10.5 Å². The van der Waals surface area contributed by atoms with Crippen molar-refractivity contribution in [3.8, 4) is 5.75 Å². The first-order valence-corrected chi connectivity index (χ1v) is 8.72. The van der Waals surface area contributed by atoms with E-state index < -0.39 is 5.91 Å². The first kappa shape index (κ1) is 17.9. The summed E-state index contributed by atoms with van der Waals surface area (Å²) in [6.07, 6.45) is 2.32. The fourth-order valence-electron chi connectivity index (χ4n) is 2.98. The van der Waals surface area contributed by atoms with E-state index in [0.717, 1.165) is 25.1 Å². The summed E-state index contributed by atoms with van der Waals surface area (Å²) in [5, 5.41) is 2.89. The number of primary amides is 1. The molecule has 4 N–H and O–H groups in total. The third-order valence-electron chi connectivity index (χ3n) is 4.59. The predicted octanol–water partition coefficient (Wildman–Crippen LogP) is 0.980. The number of anilines is 1. The minimum atomic E-state index is -0.480. The number of hydrogen-bond acceptors (Lipinski definition) is 3. The first-order valence-electron chi connectivity index (χ1n) is 8.72. The van der Waals surface area contributed by atoms with Gasteiger partial charge in [0.1, 0.15) is 12.3 Å². The van der Waals surface area contributed by atoms with Gasteiger partial charge in [0.15, 0.2) is 6.54 Å². The van der Waals surface area contributed by atoms with Gasteiger partial charge in [-0.25, -0.2) is 0 Å². The summed E-state index contributed by atoms with van der Waals surface area (Å²) in [6.45, 7) is 1.22. The summed E-state index contributed by atoms with van der Waals surface area (Å²) >= 11 is 0. The maximum atomic E-state index is 12.4. The lowest BCUT2D eigenvalue weighted by atomic mass is 10.2. The SMILES string of the molecule is COc1ccc(C[NH+](CC(=O)Nc2ccc(C(N)=O)cc2)C2CC2)cc1. The summed E-state index contributed by atoms with van der Waals surface area (Å²) in [5.41, 5.74) is 7.50. The number of rotatable bonds is 8. The molecule has 3 rings (SSSR count). The van der Waals surface area contributed by atoms with Crippen LogP contribution in [0.15, 0.2) is 48.5 Å². The Morgan fingerprint density at radius 1 is 1.12 bits per heavy atom. The van der Waals surface area contributed by atoms with Gasteiger partial charge in [0.25, 0.3) is 5.91 Å². The van der Waals surface area contributed by atoms with Gasteiger partial charge in [-0.2, -0.15) is 0 Å². The van der Waals surface area contributed by atoms with E-state index in [-0.39, 0.29) is 5.91 Å². The lowest BCUT2D eigenvalue weighted by molar-refractivity contribution is -0.916. The number of nitrogens with one attached hydrogen (secondary N) is 2. The summed E-state index contributed by atoms with van der Waals surface area (Å²) < 4.78 is 5.19. The van der Waals surface area contributed by atoms with Crippen molar-refractivity contribution in [3.05, 3.63) is 59.7 Å². The van der Waals surface area contributed by atoms with Crippen molar-refractivity contribution in [1.29, 1.82) is 0 Å². The molecule has 1 atom stereocenters. The lowest BCUT2D eigenvalue weighted by Gasteiger charge is -2.19. The van der Waals surface area contributed by atoms with Crippen LogP contribution in [0, 0.1) is 0 Å². The molecular formula is C20H24N3O3+. The van der Waals surface area contributed by atoms with Gasteiger partial charge in [0.2, 0.25) is 5.91 Å². The Morgan fingerprint density at radius 2 is 1.77 bits per heavy atom. The maximum Gasteiger partial charge on any atom is 0.279 e. The van der Waals surface area contributed by atoms with Crippen LogP contribution >= 0.6 is 0 Å². The standard InChI is InChI=1S/C20H23N3O3/c1-26-18-10-2-14(3-11-18)12-23(17-8-9-17)13-19(24)22-16-6-4-15(5-7-16)20(21)25/h2-7,10-11,17H,8-9,12-13H2,1H3,(H2,21,25)(H,22,24)/p+1. The number of benzene rings is 2. The second-order valence-corrected chi connectivity index (χ2v) is 6.62. The normalized spacial score (nSPS) is 14.5. The van der Waals surface area contributed by atoms with Gasteiger partial charge in [0, 0.05) is 29.7 Å². The molecule has 6 nitrogen and oxygen atoms in total. The predicted molar refractivity (Wildman–Crippen MR) is 99.1 cm³/mol. The Labute approximate surface area is 152 Å². The van der Waals surface area contributed by atoms with Crippen molar-refractivity contribution in [2.24, 2.45) is 5.73 Å². The zero-order valence-electron chi connectivity index (χ0n) is 14.8. The topological polar surface area (TPSA) is 85.9 Å². The van der Waals surface area contributed by atoms with Gasteiger partial charge in [0.05, 0.1) is 13.2 Å². The number of carbonyl (C=O) groups excluding carboxylic acids is 2. The Kier molecular flexibility index (Phi) is 5.53. The lowest BCUT2D eigenvalue weighted by Crippen LogP contribution is -3.13. The fourth-order valence-corrected chi connectivity index (χ4v) is 2.98. The van der Waals surface area contributed by atoms with Crippen LogP contribution in [0.2, 0.25) is 0 Å². The minimum absolute atomic E-state index is 0.0350. The maximum absolute atomic E-state index is 12.4. The summed E-state index contributed by atoms with van der Waals surface area (Å²) in [6, 6.07) is 15.1. The molecule has 0 heterocycles. The van der Waals surface area contributed by atoms with E-state index in [1.807, 2.05) is 24.3 Å². The second kappa shape index (κ2) is 8.01. The molecule has 136 valence electrons. The fraction of sp³-hybridized carbons (Fsp3) is 0.300. The van der Waals surface area contributed by atoms with Crippen molar-refractivity contribution in [1.82, 2.24) is 0 Å². The quantitative estimate of drug-likeness (QED) is 0.661. The molecule has 1 saturated carbocycles. The second-order valence-electron chi connectivity index (χ2n) is 6.62. The molecule has 0 aliphatic heterocycles. The van der Waals surface area contributed by atoms with E-state index in [1.54, 1.807) is 31.4 Å². The largest absolute Gasteiger partial charge is 0.497 e. The summed E-state index contributed by atoms with van der Waals surface area (Å²) in [5.74, 6) is 0.317. The zero-order chi connectivity index (χ0) is 18.5. The molecule has 0 saturated heterocycles. The van der Waals surface area contributed by atoms with E-state index in [0.29, 0.717) is 23.8 Å². The monoisotopic (exact) mass is 354 g/mol. The summed E-state index contributed by atoms with van der Waals surface area (Å²) in [7, 11) is 1.65. The number of nitrogens with two attached hydrogens (primary N) is 1. The van der Waals surface area contributed by atoms with Crippen molar-refractivity contribution in [2.45, 2.75) is 25.4 Å². The number of ether oxygens (including phenoxy) is 1. The molecule has 26 heavy (non-hydrogen) atoms. The highest BCUT2D eigenvalue weighted by Gasteiger charge is 2.34. The minimum Gasteiger partial charge on any atom is -0.497 e. The Balaban J connectivity index is 1.58. The van der Waals surface area contributed by atoms with Crippen molar-refractivity contribution in [2.75, 3.05) is 19.0 Å². The van der Waals surface area contributed by atoms with Crippen LogP contribution in [0.25, 0.3) is 0 Å². The molecule has 2 aromatic rings. The highest BCUT2D eigenvalue weighted by molar-refractivity contribution is 5.95. The Bertz CT molecular complexity index is 768. The average molecular weight is 354 g/mol.